The fourth-order valence-electron chi connectivity index (χ4n) is 2.16. The van der Waals surface area contributed by atoms with Gasteiger partial charge in [0.25, 0.3) is 0 Å². The highest BCUT2D eigenvalue weighted by atomic mass is 79.9. The Balaban J connectivity index is 2.09. The fourth-order valence-corrected chi connectivity index (χ4v) is 3.63. The van der Waals surface area contributed by atoms with Crippen molar-refractivity contribution in [3.63, 3.8) is 0 Å². The third-order valence-corrected chi connectivity index (χ3v) is 5.59. The lowest BCUT2D eigenvalue weighted by Gasteiger charge is -2.16. The smallest absolute Gasteiger partial charge is 0.242 e. The van der Waals surface area contributed by atoms with Crippen molar-refractivity contribution in [1.82, 2.24) is 4.72 Å². The molecule has 0 spiro atoms. The molecule has 0 radical (unpaired) electrons. The van der Waals surface area contributed by atoms with Crippen molar-refractivity contribution in [2.75, 3.05) is 5.32 Å². The zero-order valence-corrected chi connectivity index (χ0v) is 15.8. The maximum absolute atomic E-state index is 12.3. The molecule has 0 aliphatic rings. The van der Waals surface area contributed by atoms with E-state index in [0.29, 0.717) is 5.69 Å². The molecule has 0 heterocycles. The predicted octanol–water partition coefficient (Wildman–Crippen LogP) is 3.32. The van der Waals surface area contributed by atoms with Gasteiger partial charge >= 0.3 is 0 Å². The van der Waals surface area contributed by atoms with Crippen LogP contribution in [0.2, 0.25) is 0 Å². The van der Waals surface area contributed by atoms with Crippen molar-refractivity contribution >= 4 is 37.5 Å². The second-order valence-corrected chi connectivity index (χ2v) is 7.93. The second-order valence-electron chi connectivity index (χ2n) is 5.30. The van der Waals surface area contributed by atoms with Crippen LogP contribution in [0.25, 0.3) is 0 Å². The van der Waals surface area contributed by atoms with Crippen LogP contribution in [0.5, 0.6) is 0 Å². The topological polar surface area (TPSA) is 75.3 Å². The maximum atomic E-state index is 12.3. The number of hydrogen-bond donors (Lipinski definition) is 2. The first-order valence-corrected chi connectivity index (χ1v) is 9.77. The number of nitrogens with one attached hydrogen (secondary N) is 2. The second kappa shape index (κ2) is 7.92. The van der Waals surface area contributed by atoms with Gasteiger partial charge in [0.2, 0.25) is 15.9 Å². The summed E-state index contributed by atoms with van der Waals surface area (Å²) in [5.41, 5.74) is 1.69. The number of rotatable bonds is 6. The van der Waals surface area contributed by atoms with Gasteiger partial charge < -0.3 is 5.32 Å². The lowest BCUT2D eigenvalue weighted by molar-refractivity contribution is -0.117. The molecular formula is C17H19BrN2O3S. The Hall–Kier alpha value is -1.70. The number of anilines is 1. The van der Waals surface area contributed by atoms with E-state index < -0.39 is 22.0 Å². The molecule has 1 amide bonds. The fraction of sp³-hybridized carbons (Fsp3) is 0.235. The van der Waals surface area contributed by atoms with Crippen molar-refractivity contribution in [2.45, 2.75) is 31.2 Å². The summed E-state index contributed by atoms with van der Waals surface area (Å²) in [6, 6.07) is 12.8. The molecule has 2 aromatic rings. The highest BCUT2D eigenvalue weighted by Crippen LogP contribution is 2.17. The number of para-hydroxylation sites is 1. The van der Waals surface area contributed by atoms with Crippen molar-refractivity contribution in [3.05, 3.63) is 58.6 Å². The first-order valence-electron chi connectivity index (χ1n) is 7.50. The molecule has 2 rings (SSSR count). The van der Waals surface area contributed by atoms with Crippen molar-refractivity contribution in [2.24, 2.45) is 0 Å². The first-order chi connectivity index (χ1) is 11.3. The molecule has 0 saturated carbocycles. The van der Waals surface area contributed by atoms with E-state index in [0.717, 1.165) is 16.5 Å². The minimum atomic E-state index is -3.76. The average molecular weight is 411 g/mol. The Kier molecular flexibility index (Phi) is 6.15. The van der Waals surface area contributed by atoms with E-state index in [1.54, 1.807) is 18.2 Å². The van der Waals surface area contributed by atoms with Gasteiger partial charge in [0.15, 0.2) is 0 Å². The average Bonchev–Trinajstić information content (AvgIpc) is 2.55. The van der Waals surface area contributed by atoms with Crippen LogP contribution >= 0.6 is 15.9 Å². The van der Waals surface area contributed by atoms with Gasteiger partial charge in [-0.1, -0.05) is 41.1 Å². The molecule has 0 aliphatic carbocycles. The van der Waals surface area contributed by atoms with Gasteiger partial charge in [0, 0.05) is 10.2 Å². The number of hydrogen-bond acceptors (Lipinski definition) is 3. The standard InChI is InChI=1S/C17H19BrN2O3S/c1-3-13-6-4-5-7-16(13)19-17(21)12(2)20-24(22,23)15-10-8-14(18)9-11-15/h4-12,20H,3H2,1-2H3,(H,19,21)/t12-/m0/s1. The zero-order valence-electron chi connectivity index (χ0n) is 13.4. The summed E-state index contributed by atoms with van der Waals surface area (Å²) < 4.78 is 27.8. The van der Waals surface area contributed by atoms with Gasteiger partial charge in [-0.25, -0.2) is 8.42 Å². The number of benzene rings is 2. The summed E-state index contributed by atoms with van der Waals surface area (Å²) in [6.07, 6.45) is 0.773. The van der Waals surface area contributed by atoms with Gasteiger partial charge in [-0.2, -0.15) is 4.72 Å². The third kappa shape index (κ3) is 4.66. The van der Waals surface area contributed by atoms with E-state index in [1.807, 2.05) is 25.1 Å². The molecule has 0 saturated heterocycles. The van der Waals surface area contributed by atoms with E-state index >= 15 is 0 Å². The molecule has 1 atom stereocenters. The van der Waals surface area contributed by atoms with Gasteiger partial charge in [0.1, 0.15) is 0 Å². The van der Waals surface area contributed by atoms with Crippen LogP contribution in [-0.2, 0) is 21.2 Å². The maximum Gasteiger partial charge on any atom is 0.242 e. The first kappa shape index (κ1) is 18.6. The molecule has 0 aliphatic heterocycles. The number of amides is 1. The van der Waals surface area contributed by atoms with Crippen LogP contribution in [-0.4, -0.2) is 20.4 Å². The summed E-state index contributed by atoms with van der Waals surface area (Å²) in [7, 11) is -3.76. The molecule has 2 N–H and O–H groups in total. The Labute approximate surface area is 150 Å². The molecule has 0 bridgehead atoms. The molecule has 2 aromatic carbocycles. The van der Waals surface area contributed by atoms with Crippen LogP contribution in [0.15, 0.2) is 57.9 Å². The van der Waals surface area contributed by atoms with Crippen LogP contribution in [0, 0.1) is 0 Å². The van der Waals surface area contributed by atoms with Gasteiger partial charge in [-0.05, 0) is 49.2 Å². The molecule has 24 heavy (non-hydrogen) atoms. The largest absolute Gasteiger partial charge is 0.324 e. The molecule has 5 nitrogen and oxygen atoms in total. The number of carbonyl (C=O) groups excluding carboxylic acids is 1. The quantitative estimate of drug-likeness (QED) is 0.766. The molecular weight excluding hydrogens is 392 g/mol. The highest BCUT2D eigenvalue weighted by molar-refractivity contribution is 9.10. The molecule has 0 aromatic heterocycles. The number of aryl methyl sites for hydroxylation is 1. The SMILES string of the molecule is CCc1ccccc1NC(=O)[C@H](C)NS(=O)(=O)c1ccc(Br)cc1. The number of carbonyl (C=O) groups is 1. The van der Waals surface area contributed by atoms with Gasteiger partial charge in [-0.3, -0.25) is 4.79 Å². The number of sulfonamides is 1. The minimum absolute atomic E-state index is 0.110. The van der Waals surface area contributed by atoms with Crippen LogP contribution in [0.4, 0.5) is 5.69 Å². The van der Waals surface area contributed by atoms with Crippen molar-refractivity contribution < 1.29 is 13.2 Å². The van der Waals surface area contributed by atoms with Crippen LogP contribution < -0.4 is 10.0 Å². The van der Waals surface area contributed by atoms with Crippen LogP contribution in [0.1, 0.15) is 19.4 Å². The summed E-state index contributed by atoms with van der Waals surface area (Å²) in [5.74, 6) is -0.406. The van der Waals surface area contributed by atoms with Crippen LogP contribution in [0.3, 0.4) is 0 Å². The van der Waals surface area contributed by atoms with Gasteiger partial charge in [-0.15, -0.1) is 0 Å². The Morgan fingerprint density at radius 3 is 2.38 bits per heavy atom. The van der Waals surface area contributed by atoms with E-state index in [1.165, 1.54) is 19.1 Å². The summed E-state index contributed by atoms with van der Waals surface area (Å²) in [5, 5.41) is 2.77. The molecule has 7 heteroatoms. The van der Waals surface area contributed by atoms with E-state index in [9.17, 15) is 13.2 Å². The summed E-state index contributed by atoms with van der Waals surface area (Å²) >= 11 is 3.26. The van der Waals surface area contributed by atoms with E-state index in [2.05, 4.69) is 26.0 Å². The predicted molar refractivity (Wildman–Crippen MR) is 98.4 cm³/mol. The van der Waals surface area contributed by atoms with Gasteiger partial charge in [0.05, 0.1) is 10.9 Å². The molecule has 128 valence electrons. The van der Waals surface area contributed by atoms with E-state index in [-0.39, 0.29) is 4.90 Å². The molecule has 0 fully saturated rings. The Morgan fingerprint density at radius 1 is 1.12 bits per heavy atom. The van der Waals surface area contributed by atoms with Crippen molar-refractivity contribution in [1.29, 1.82) is 0 Å². The van der Waals surface area contributed by atoms with E-state index in [4.69, 9.17) is 0 Å². The lowest BCUT2D eigenvalue weighted by atomic mass is 10.1. The Morgan fingerprint density at radius 2 is 1.75 bits per heavy atom. The number of halogens is 1. The molecule has 0 unspecified atom stereocenters. The van der Waals surface area contributed by atoms with Crippen molar-refractivity contribution in [3.8, 4) is 0 Å². The summed E-state index contributed by atoms with van der Waals surface area (Å²) in [4.78, 5) is 12.4. The zero-order chi connectivity index (χ0) is 17.7. The Bertz CT molecular complexity index is 820. The lowest BCUT2D eigenvalue weighted by Crippen LogP contribution is -2.41. The minimum Gasteiger partial charge on any atom is -0.324 e. The third-order valence-electron chi connectivity index (χ3n) is 3.51. The summed E-state index contributed by atoms with van der Waals surface area (Å²) in [6.45, 7) is 3.50. The highest BCUT2D eigenvalue weighted by Gasteiger charge is 2.22. The monoisotopic (exact) mass is 410 g/mol. The normalized spacial score (nSPS) is 12.6.